The second kappa shape index (κ2) is 5.87. The lowest BCUT2D eigenvalue weighted by molar-refractivity contribution is -0.119. The molecule has 1 N–H and O–H groups in total. The topological polar surface area (TPSA) is 37.3 Å². The summed E-state index contributed by atoms with van der Waals surface area (Å²) in [7, 11) is 0. The molecule has 0 aliphatic heterocycles. The average Bonchev–Trinajstić information content (AvgIpc) is 2.52. The van der Waals surface area contributed by atoms with E-state index >= 15 is 0 Å². The molecule has 0 amide bonds. The number of aliphatic hydroxyl groups excluding tert-OH is 1. The maximum absolute atomic E-state index is 11.7. The average molecular weight is 290 g/mol. The Morgan fingerprint density at radius 1 is 1.19 bits per heavy atom. The van der Waals surface area contributed by atoms with Crippen LogP contribution in [0.15, 0.2) is 11.1 Å². The van der Waals surface area contributed by atoms with Gasteiger partial charge < -0.3 is 5.11 Å². The predicted octanol–water partition coefficient (Wildman–Crippen LogP) is 4.27. The van der Waals surface area contributed by atoms with E-state index in [1.807, 2.05) is 0 Å². The van der Waals surface area contributed by atoms with E-state index in [4.69, 9.17) is 0 Å². The van der Waals surface area contributed by atoms with Crippen LogP contribution in [0.25, 0.3) is 0 Å². The van der Waals surface area contributed by atoms with Gasteiger partial charge in [-0.3, -0.25) is 4.79 Å². The molecule has 2 nitrogen and oxygen atoms in total. The second-order valence-corrected chi connectivity index (χ2v) is 7.58. The minimum absolute atomic E-state index is 0.165. The van der Waals surface area contributed by atoms with Crippen LogP contribution in [-0.2, 0) is 4.79 Å². The molecule has 0 bridgehead atoms. The van der Waals surface area contributed by atoms with E-state index in [2.05, 4.69) is 13.8 Å². The molecule has 0 radical (unpaired) electrons. The van der Waals surface area contributed by atoms with Crippen molar-refractivity contribution in [3.63, 3.8) is 0 Å². The Bertz CT molecular complexity index is 444. The molecule has 4 atom stereocenters. The smallest absolute Gasteiger partial charge is 0.137 e. The van der Waals surface area contributed by atoms with Crippen molar-refractivity contribution in [1.29, 1.82) is 0 Å². The van der Waals surface area contributed by atoms with Crippen molar-refractivity contribution in [3.05, 3.63) is 11.1 Å². The minimum atomic E-state index is 0.165. The van der Waals surface area contributed by atoms with Crippen LogP contribution in [0, 0.1) is 23.2 Å². The molecule has 3 rings (SSSR count). The molecule has 118 valence electrons. The highest BCUT2D eigenvalue weighted by atomic mass is 16.3. The number of ketones is 1. The molecule has 2 heteroatoms. The van der Waals surface area contributed by atoms with Gasteiger partial charge in [0.25, 0.3) is 0 Å². The van der Waals surface area contributed by atoms with Crippen LogP contribution in [-0.4, -0.2) is 17.5 Å². The number of hydrogen-bond donors (Lipinski definition) is 1. The van der Waals surface area contributed by atoms with E-state index in [9.17, 15) is 9.90 Å². The number of carbonyl (C=O) groups excluding carboxylic acids is 1. The van der Waals surface area contributed by atoms with E-state index < -0.39 is 0 Å². The summed E-state index contributed by atoms with van der Waals surface area (Å²) in [5.41, 5.74) is 3.32. The summed E-state index contributed by atoms with van der Waals surface area (Å²) in [5, 5.41) is 10.0. The molecule has 1 saturated carbocycles. The highest BCUT2D eigenvalue weighted by Gasteiger charge is 2.49. The Labute approximate surface area is 129 Å². The van der Waals surface area contributed by atoms with Crippen LogP contribution < -0.4 is 0 Å². The van der Waals surface area contributed by atoms with Crippen molar-refractivity contribution in [2.45, 2.75) is 71.6 Å². The molecule has 0 heterocycles. The molecule has 3 aliphatic rings. The lowest BCUT2D eigenvalue weighted by Crippen LogP contribution is -2.47. The Morgan fingerprint density at radius 3 is 2.67 bits per heavy atom. The lowest BCUT2D eigenvalue weighted by Gasteiger charge is -2.53. The van der Waals surface area contributed by atoms with E-state index in [-0.39, 0.29) is 5.41 Å². The number of fused-ring (bicyclic) bond motifs is 2. The number of aliphatic hydroxyl groups is 1. The molecule has 3 aliphatic carbocycles. The molecular formula is C19H30O2. The van der Waals surface area contributed by atoms with Gasteiger partial charge in [0.05, 0.1) is 0 Å². The van der Waals surface area contributed by atoms with Gasteiger partial charge in [-0.1, -0.05) is 31.4 Å². The molecule has 0 aromatic heterocycles. The number of hydrogen-bond acceptors (Lipinski definition) is 2. The third kappa shape index (κ3) is 2.40. The molecule has 1 unspecified atom stereocenters. The molecular weight excluding hydrogens is 260 g/mol. The summed E-state index contributed by atoms with van der Waals surface area (Å²) < 4.78 is 0. The van der Waals surface area contributed by atoms with Gasteiger partial charge >= 0.3 is 0 Å². The Hall–Kier alpha value is -0.630. The predicted molar refractivity (Wildman–Crippen MR) is 84.9 cm³/mol. The first kappa shape index (κ1) is 15.3. The number of rotatable bonds is 3. The van der Waals surface area contributed by atoms with Crippen molar-refractivity contribution in [2.75, 3.05) is 6.61 Å². The van der Waals surface area contributed by atoms with Gasteiger partial charge in [0.2, 0.25) is 0 Å². The Morgan fingerprint density at radius 2 is 2.00 bits per heavy atom. The first-order valence-electron chi connectivity index (χ1n) is 8.98. The van der Waals surface area contributed by atoms with E-state index in [1.54, 1.807) is 5.57 Å². The van der Waals surface area contributed by atoms with Crippen LogP contribution in [0.2, 0.25) is 0 Å². The Kier molecular flexibility index (Phi) is 4.27. The summed E-state index contributed by atoms with van der Waals surface area (Å²) in [6.07, 6.45) is 9.65. The lowest BCUT2D eigenvalue weighted by atomic mass is 9.52. The molecule has 0 aromatic carbocycles. The van der Waals surface area contributed by atoms with E-state index in [1.165, 1.54) is 31.3 Å². The van der Waals surface area contributed by atoms with Crippen LogP contribution in [0.5, 0.6) is 0 Å². The summed E-state index contributed by atoms with van der Waals surface area (Å²) in [5.74, 6) is 2.59. The normalized spacial score (nSPS) is 40.0. The third-order valence-electron chi connectivity index (χ3n) is 7.00. The number of Topliss-reactive ketones (excluding diaryl/α,β-unsaturated/α-hetero) is 1. The molecule has 0 saturated heterocycles. The zero-order chi connectivity index (χ0) is 15.0. The number of carbonyl (C=O) groups is 1. The first-order chi connectivity index (χ1) is 10.1. The summed E-state index contributed by atoms with van der Waals surface area (Å²) in [4.78, 5) is 11.7. The van der Waals surface area contributed by atoms with Crippen LogP contribution in [0.1, 0.15) is 71.6 Å². The van der Waals surface area contributed by atoms with Crippen molar-refractivity contribution >= 4 is 5.78 Å². The standard InChI is InChI=1S/C19H30O2/c1-3-18-17-7-5-13-11-14(21)6-8-15(13)16(17)9-10-19(18,4-2)12-20/h16-18,20H,3-12H2,1-2H3/t16-,17-,18+,19?/m1/s1. The minimum Gasteiger partial charge on any atom is -0.396 e. The fourth-order valence-electron chi connectivity index (χ4n) is 5.82. The zero-order valence-electron chi connectivity index (χ0n) is 13.7. The summed E-state index contributed by atoms with van der Waals surface area (Å²) in [6, 6.07) is 0. The van der Waals surface area contributed by atoms with Crippen molar-refractivity contribution in [2.24, 2.45) is 23.2 Å². The van der Waals surface area contributed by atoms with Gasteiger partial charge in [-0.15, -0.1) is 0 Å². The summed E-state index contributed by atoms with van der Waals surface area (Å²) >= 11 is 0. The highest BCUT2D eigenvalue weighted by molar-refractivity contribution is 5.82. The monoisotopic (exact) mass is 290 g/mol. The zero-order valence-corrected chi connectivity index (χ0v) is 13.7. The maximum atomic E-state index is 11.7. The SMILES string of the molecule is CC[C@H]1[C@@H]2CCC3=C(CCC(=O)C3)[C@H]2CCC1(CC)CO. The molecule has 0 aromatic rings. The quantitative estimate of drug-likeness (QED) is 0.788. The van der Waals surface area contributed by atoms with Crippen molar-refractivity contribution in [3.8, 4) is 0 Å². The highest BCUT2D eigenvalue weighted by Crippen LogP contribution is 2.57. The third-order valence-corrected chi connectivity index (χ3v) is 7.00. The van der Waals surface area contributed by atoms with E-state index in [0.29, 0.717) is 18.3 Å². The summed E-state index contributed by atoms with van der Waals surface area (Å²) in [6.45, 7) is 4.92. The maximum Gasteiger partial charge on any atom is 0.137 e. The first-order valence-corrected chi connectivity index (χ1v) is 8.98. The van der Waals surface area contributed by atoms with Crippen LogP contribution in [0.3, 0.4) is 0 Å². The fraction of sp³-hybridized carbons (Fsp3) is 0.842. The van der Waals surface area contributed by atoms with Gasteiger partial charge in [0.1, 0.15) is 5.78 Å². The van der Waals surface area contributed by atoms with E-state index in [0.717, 1.165) is 43.9 Å². The van der Waals surface area contributed by atoms with Crippen molar-refractivity contribution in [1.82, 2.24) is 0 Å². The second-order valence-electron chi connectivity index (χ2n) is 7.58. The number of allylic oxidation sites excluding steroid dienone is 2. The van der Waals surface area contributed by atoms with Gasteiger partial charge in [-0.25, -0.2) is 0 Å². The van der Waals surface area contributed by atoms with Crippen LogP contribution in [0.4, 0.5) is 0 Å². The Balaban J connectivity index is 1.89. The largest absolute Gasteiger partial charge is 0.396 e. The van der Waals surface area contributed by atoms with Crippen molar-refractivity contribution < 1.29 is 9.90 Å². The van der Waals surface area contributed by atoms with Crippen LogP contribution >= 0.6 is 0 Å². The molecule has 0 spiro atoms. The fourth-order valence-corrected chi connectivity index (χ4v) is 5.82. The van der Waals surface area contributed by atoms with Gasteiger partial charge in [-0.05, 0) is 61.7 Å². The molecule has 21 heavy (non-hydrogen) atoms. The van der Waals surface area contributed by atoms with Gasteiger partial charge in [0.15, 0.2) is 0 Å². The molecule has 1 fully saturated rings. The van der Waals surface area contributed by atoms with Gasteiger partial charge in [-0.2, -0.15) is 0 Å². The van der Waals surface area contributed by atoms with Gasteiger partial charge in [0, 0.05) is 19.4 Å².